The smallest absolute Gasteiger partial charge is 0.476 e. The SMILES string of the molecule is COc1nc(OC(F)(F)F)c(C=O)cc1[N+](=O)[O-]. The number of aromatic nitrogens is 1. The molecule has 0 saturated heterocycles. The standard InChI is InChI=1S/C8H5F3N2O5/c1-17-7-5(13(15)16)2-4(3-14)6(12-7)18-8(9,10)11/h2-3H,1H3. The molecule has 0 amide bonds. The first-order valence-electron chi connectivity index (χ1n) is 4.23. The van der Waals surface area contributed by atoms with Crippen LogP contribution >= 0.6 is 0 Å². The average Bonchev–Trinajstić information content (AvgIpc) is 2.25. The fourth-order valence-corrected chi connectivity index (χ4v) is 1.04. The van der Waals surface area contributed by atoms with Crippen molar-refractivity contribution in [2.45, 2.75) is 6.36 Å². The number of hydrogen-bond donors (Lipinski definition) is 0. The number of nitro groups is 1. The van der Waals surface area contributed by atoms with Crippen LogP contribution in [0.3, 0.4) is 0 Å². The Hall–Kier alpha value is -2.39. The van der Waals surface area contributed by atoms with Gasteiger partial charge in [0.2, 0.25) is 5.88 Å². The molecule has 0 saturated carbocycles. The second-order valence-corrected chi connectivity index (χ2v) is 2.83. The molecule has 0 unspecified atom stereocenters. The quantitative estimate of drug-likeness (QED) is 0.468. The topological polar surface area (TPSA) is 91.6 Å². The highest BCUT2D eigenvalue weighted by molar-refractivity contribution is 5.80. The van der Waals surface area contributed by atoms with Crippen LogP contribution in [-0.4, -0.2) is 29.7 Å². The fraction of sp³-hybridized carbons (Fsp3) is 0.250. The van der Waals surface area contributed by atoms with Crippen LogP contribution < -0.4 is 9.47 Å². The van der Waals surface area contributed by atoms with Gasteiger partial charge in [-0.15, -0.1) is 13.2 Å². The zero-order valence-electron chi connectivity index (χ0n) is 8.72. The molecule has 1 rings (SSSR count). The third-order valence-corrected chi connectivity index (χ3v) is 1.69. The lowest BCUT2D eigenvalue weighted by Gasteiger charge is -2.10. The number of hydrogen-bond acceptors (Lipinski definition) is 6. The third-order valence-electron chi connectivity index (χ3n) is 1.69. The van der Waals surface area contributed by atoms with Crippen LogP contribution in [0.5, 0.6) is 11.8 Å². The van der Waals surface area contributed by atoms with E-state index >= 15 is 0 Å². The highest BCUT2D eigenvalue weighted by Crippen LogP contribution is 2.32. The average molecular weight is 266 g/mol. The van der Waals surface area contributed by atoms with Gasteiger partial charge >= 0.3 is 12.0 Å². The lowest BCUT2D eigenvalue weighted by Crippen LogP contribution is -2.19. The molecule has 0 N–H and O–H groups in total. The zero-order valence-corrected chi connectivity index (χ0v) is 8.72. The van der Waals surface area contributed by atoms with Crippen LogP contribution in [0.25, 0.3) is 0 Å². The van der Waals surface area contributed by atoms with E-state index in [9.17, 15) is 28.1 Å². The molecule has 0 atom stereocenters. The Labute approximate surface area is 97.3 Å². The molecule has 0 aliphatic rings. The monoisotopic (exact) mass is 266 g/mol. The third kappa shape index (κ3) is 3.06. The summed E-state index contributed by atoms with van der Waals surface area (Å²) in [6.07, 6.45) is -5.12. The van der Waals surface area contributed by atoms with Gasteiger partial charge in [-0.1, -0.05) is 0 Å². The second kappa shape index (κ2) is 4.85. The number of ether oxygens (including phenoxy) is 2. The number of carbonyl (C=O) groups is 1. The van der Waals surface area contributed by atoms with E-state index in [4.69, 9.17) is 0 Å². The highest BCUT2D eigenvalue weighted by Gasteiger charge is 2.34. The van der Waals surface area contributed by atoms with E-state index in [0.29, 0.717) is 6.07 Å². The molecule has 18 heavy (non-hydrogen) atoms. The summed E-state index contributed by atoms with van der Waals surface area (Å²) in [4.78, 5) is 23.3. The predicted molar refractivity (Wildman–Crippen MR) is 49.5 cm³/mol. The predicted octanol–water partition coefficient (Wildman–Crippen LogP) is 1.71. The molecule has 1 aromatic heterocycles. The van der Waals surface area contributed by atoms with Gasteiger partial charge in [-0.05, 0) is 0 Å². The Balaban J connectivity index is 3.35. The fourth-order valence-electron chi connectivity index (χ4n) is 1.04. The molecular formula is C8H5F3N2O5. The summed E-state index contributed by atoms with van der Waals surface area (Å²) in [5.74, 6) is -1.80. The van der Waals surface area contributed by atoms with Gasteiger partial charge in [-0.25, -0.2) is 0 Å². The second-order valence-electron chi connectivity index (χ2n) is 2.83. The van der Waals surface area contributed by atoms with Gasteiger partial charge < -0.3 is 9.47 Å². The van der Waals surface area contributed by atoms with Crippen molar-refractivity contribution in [2.24, 2.45) is 0 Å². The molecule has 0 spiro atoms. The lowest BCUT2D eigenvalue weighted by molar-refractivity contribution is -0.386. The van der Waals surface area contributed by atoms with Crippen molar-refractivity contribution in [1.82, 2.24) is 4.98 Å². The van der Waals surface area contributed by atoms with Crippen molar-refractivity contribution in [2.75, 3.05) is 7.11 Å². The molecule has 0 radical (unpaired) electrons. The number of nitrogens with zero attached hydrogens (tertiary/aromatic N) is 2. The molecule has 1 heterocycles. The Morgan fingerprint density at radius 1 is 1.44 bits per heavy atom. The van der Waals surface area contributed by atoms with Crippen molar-refractivity contribution < 1.29 is 32.4 Å². The molecule has 7 nitrogen and oxygen atoms in total. The van der Waals surface area contributed by atoms with Gasteiger partial charge in [0.1, 0.15) is 0 Å². The maximum absolute atomic E-state index is 12.0. The van der Waals surface area contributed by atoms with Crippen molar-refractivity contribution in [3.63, 3.8) is 0 Å². The molecule has 0 bridgehead atoms. The van der Waals surface area contributed by atoms with Crippen molar-refractivity contribution in [3.8, 4) is 11.8 Å². The number of alkyl halides is 3. The number of rotatable bonds is 4. The van der Waals surface area contributed by atoms with E-state index in [2.05, 4.69) is 14.5 Å². The van der Waals surface area contributed by atoms with E-state index in [1.54, 1.807) is 0 Å². The molecular weight excluding hydrogens is 261 g/mol. The molecule has 1 aromatic rings. The van der Waals surface area contributed by atoms with E-state index < -0.39 is 34.3 Å². The number of methoxy groups -OCH3 is 1. The highest BCUT2D eigenvalue weighted by atomic mass is 19.4. The van der Waals surface area contributed by atoms with Crippen LogP contribution in [0.4, 0.5) is 18.9 Å². The molecule has 0 fully saturated rings. The van der Waals surface area contributed by atoms with Gasteiger partial charge in [0.15, 0.2) is 6.29 Å². The Morgan fingerprint density at radius 3 is 2.44 bits per heavy atom. The van der Waals surface area contributed by atoms with E-state index in [1.807, 2.05) is 0 Å². The van der Waals surface area contributed by atoms with Gasteiger partial charge in [0.05, 0.1) is 17.6 Å². The normalized spacial score (nSPS) is 10.9. The molecule has 0 aromatic carbocycles. The van der Waals surface area contributed by atoms with Gasteiger partial charge in [0, 0.05) is 6.07 Å². The summed E-state index contributed by atoms with van der Waals surface area (Å²) >= 11 is 0. The Kier molecular flexibility index (Phi) is 3.69. The van der Waals surface area contributed by atoms with E-state index in [-0.39, 0.29) is 6.29 Å². The van der Waals surface area contributed by atoms with Crippen LogP contribution in [0.2, 0.25) is 0 Å². The van der Waals surface area contributed by atoms with Crippen molar-refractivity contribution >= 4 is 12.0 Å². The lowest BCUT2D eigenvalue weighted by atomic mass is 10.2. The first-order chi connectivity index (χ1) is 8.28. The minimum atomic E-state index is -5.08. The van der Waals surface area contributed by atoms with Gasteiger partial charge in [-0.3, -0.25) is 14.9 Å². The van der Waals surface area contributed by atoms with Crippen molar-refractivity contribution in [3.05, 3.63) is 21.7 Å². The molecule has 0 aliphatic carbocycles. The first-order valence-corrected chi connectivity index (χ1v) is 4.23. The summed E-state index contributed by atoms with van der Waals surface area (Å²) in [6, 6.07) is 0.583. The minimum absolute atomic E-state index is 0.0412. The van der Waals surface area contributed by atoms with E-state index in [0.717, 1.165) is 7.11 Å². The maximum atomic E-state index is 12.0. The summed E-state index contributed by atoms with van der Waals surface area (Å²) in [5.41, 5.74) is -1.45. The van der Waals surface area contributed by atoms with Crippen LogP contribution in [-0.2, 0) is 0 Å². The van der Waals surface area contributed by atoms with Crippen LogP contribution in [0.15, 0.2) is 6.07 Å². The first kappa shape index (κ1) is 13.7. The largest absolute Gasteiger partial charge is 0.574 e. The summed E-state index contributed by atoms with van der Waals surface area (Å²) in [5, 5.41) is 10.6. The van der Waals surface area contributed by atoms with Crippen molar-refractivity contribution in [1.29, 1.82) is 0 Å². The zero-order chi connectivity index (χ0) is 13.9. The summed E-state index contributed by atoms with van der Waals surface area (Å²) in [6.45, 7) is 0. The molecule has 98 valence electrons. The maximum Gasteiger partial charge on any atom is 0.574 e. The number of carbonyl (C=O) groups excluding carboxylic acids is 1. The van der Waals surface area contributed by atoms with Crippen LogP contribution in [0.1, 0.15) is 10.4 Å². The van der Waals surface area contributed by atoms with Crippen LogP contribution in [0, 0.1) is 10.1 Å². The number of aldehydes is 1. The summed E-state index contributed by atoms with van der Waals surface area (Å²) in [7, 11) is 0.979. The molecule has 10 heteroatoms. The van der Waals surface area contributed by atoms with E-state index in [1.165, 1.54) is 0 Å². The Morgan fingerprint density at radius 2 is 2.06 bits per heavy atom. The van der Waals surface area contributed by atoms with Gasteiger partial charge in [-0.2, -0.15) is 4.98 Å². The number of halogens is 3. The molecule has 0 aliphatic heterocycles. The Bertz CT molecular complexity index is 488. The summed E-state index contributed by atoms with van der Waals surface area (Å²) < 4.78 is 43.9. The minimum Gasteiger partial charge on any atom is -0.476 e. The van der Waals surface area contributed by atoms with Gasteiger partial charge in [0.25, 0.3) is 5.88 Å². The number of pyridine rings is 1.